The zero-order valence-electron chi connectivity index (χ0n) is 10.00. The molecule has 0 bridgehead atoms. The average molecular weight is 291 g/mol. The van der Waals surface area contributed by atoms with Crippen molar-refractivity contribution < 1.29 is 14.7 Å². The SMILES string of the molecule is O=C([O-])C(C(=O)/C=C/c1ccccc1)=C1SCCS1. The van der Waals surface area contributed by atoms with Crippen LogP contribution in [0, 0.1) is 0 Å². The second-order valence-electron chi connectivity index (χ2n) is 3.76. The molecule has 0 aromatic heterocycles. The Morgan fingerprint density at radius 2 is 1.74 bits per heavy atom. The van der Waals surface area contributed by atoms with E-state index in [9.17, 15) is 14.7 Å². The van der Waals surface area contributed by atoms with Gasteiger partial charge in [0.2, 0.25) is 0 Å². The highest BCUT2D eigenvalue weighted by Crippen LogP contribution is 2.38. The van der Waals surface area contributed by atoms with Crippen molar-refractivity contribution in [1.29, 1.82) is 0 Å². The van der Waals surface area contributed by atoms with Gasteiger partial charge in [0.25, 0.3) is 0 Å². The van der Waals surface area contributed by atoms with Crippen molar-refractivity contribution >= 4 is 41.4 Å². The Morgan fingerprint density at radius 1 is 1.11 bits per heavy atom. The molecule has 19 heavy (non-hydrogen) atoms. The van der Waals surface area contributed by atoms with Gasteiger partial charge >= 0.3 is 0 Å². The second-order valence-corrected chi connectivity index (χ2v) is 6.22. The molecular formula is C14H11O3S2-. The monoisotopic (exact) mass is 291 g/mol. The molecule has 1 saturated heterocycles. The van der Waals surface area contributed by atoms with E-state index >= 15 is 0 Å². The van der Waals surface area contributed by atoms with E-state index in [0.29, 0.717) is 4.24 Å². The maximum Gasteiger partial charge on any atom is 0.189 e. The summed E-state index contributed by atoms with van der Waals surface area (Å²) >= 11 is 2.79. The van der Waals surface area contributed by atoms with E-state index in [1.54, 1.807) is 6.08 Å². The van der Waals surface area contributed by atoms with Gasteiger partial charge in [-0.15, -0.1) is 23.5 Å². The van der Waals surface area contributed by atoms with Gasteiger partial charge in [0.05, 0.1) is 15.8 Å². The van der Waals surface area contributed by atoms with Gasteiger partial charge < -0.3 is 9.90 Å². The third-order valence-electron chi connectivity index (χ3n) is 2.43. The molecule has 1 aromatic rings. The van der Waals surface area contributed by atoms with Gasteiger partial charge in [-0.25, -0.2) is 0 Å². The van der Waals surface area contributed by atoms with E-state index in [1.165, 1.54) is 29.6 Å². The van der Waals surface area contributed by atoms with Crippen molar-refractivity contribution in [2.75, 3.05) is 11.5 Å². The molecule has 0 unspecified atom stereocenters. The highest BCUT2D eigenvalue weighted by atomic mass is 32.2. The lowest BCUT2D eigenvalue weighted by atomic mass is 10.1. The lowest BCUT2D eigenvalue weighted by Crippen LogP contribution is -2.28. The fourth-order valence-electron chi connectivity index (χ4n) is 1.56. The van der Waals surface area contributed by atoms with E-state index in [-0.39, 0.29) is 5.57 Å². The lowest BCUT2D eigenvalue weighted by molar-refractivity contribution is -0.298. The molecule has 98 valence electrons. The number of ketones is 1. The van der Waals surface area contributed by atoms with Gasteiger partial charge in [-0.3, -0.25) is 4.79 Å². The molecule has 1 aliphatic heterocycles. The summed E-state index contributed by atoms with van der Waals surface area (Å²) in [5, 5.41) is 11.1. The molecule has 0 saturated carbocycles. The molecule has 1 heterocycles. The van der Waals surface area contributed by atoms with Crippen LogP contribution in [0.5, 0.6) is 0 Å². The number of carbonyl (C=O) groups is 2. The number of carboxylic acids is 1. The van der Waals surface area contributed by atoms with E-state index in [4.69, 9.17) is 0 Å². The van der Waals surface area contributed by atoms with Gasteiger partial charge in [-0.2, -0.15) is 0 Å². The number of benzene rings is 1. The van der Waals surface area contributed by atoms with E-state index in [1.807, 2.05) is 30.3 Å². The first-order chi connectivity index (χ1) is 9.18. The standard InChI is InChI=1S/C14H12O3S2/c15-11(7-6-10-4-2-1-3-5-10)12(13(16)17)14-18-8-9-19-14/h1-7H,8-9H2,(H,16,17)/p-1/b7-6+. The first kappa shape index (κ1) is 14.0. The quantitative estimate of drug-likeness (QED) is 0.480. The molecule has 0 spiro atoms. The average Bonchev–Trinajstić information content (AvgIpc) is 2.91. The smallest absolute Gasteiger partial charge is 0.189 e. The molecule has 5 heteroatoms. The van der Waals surface area contributed by atoms with Gasteiger partial charge in [0.1, 0.15) is 0 Å². The molecule has 0 aliphatic carbocycles. The van der Waals surface area contributed by atoms with E-state index in [2.05, 4.69) is 0 Å². The Morgan fingerprint density at radius 3 is 2.32 bits per heavy atom. The Bertz CT molecular complexity index is 539. The van der Waals surface area contributed by atoms with Crippen LogP contribution >= 0.6 is 23.5 Å². The first-order valence-electron chi connectivity index (χ1n) is 5.67. The highest BCUT2D eigenvalue weighted by Gasteiger charge is 2.19. The van der Waals surface area contributed by atoms with Crippen molar-refractivity contribution in [3.05, 3.63) is 51.8 Å². The van der Waals surface area contributed by atoms with Gasteiger partial charge in [-0.05, 0) is 11.6 Å². The predicted molar refractivity (Wildman–Crippen MR) is 77.4 cm³/mol. The number of allylic oxidation sites excluding steroid dienone is 1. The van der Waals surface area contributed by atoms with Crippen molar-refractivity contribution in [1.82, 2.24) is 0 Å². The molecule has 0 amide bonds. The summed E-state index contributed by atoms with van der Waals surface area (Å²) < 4.78 is 0.558. The predicted octanol–water partition coefficient (Wildman–Crippen LogP) is 1.71. The molecule has 3 nitrogen and oxygen atoms in total. The van der Waals surface area contributed by atoms with Crippen LogP contribution in [0.2, 0.25) is 0 Å². The number of aliphatic carboxylic acids is 1. The Kier molecular flexibility index (Phi) is 4.87. The number of hydrogen-bond acceptors (Lipinski definition) is 5. The highest BCUT2D eigenvalue weighted by molar-refractivity contribution is 8.25. The second kappa shape index (κ2) is 6.63. The van der Waals surface area contributed by atoms with Crippen LogP contribution in [0.1, 0.15) is 5.56 Å². The normalized spacial score (nSPS) is 14.8. The van der Waals surface area contributed by atoms with Gasteiger partial charge in [-0.1, -0.05) is 36.4 Å². The molecule has 1 aromatic carbocycles. The van der Waals surface area contributed by atoms with Crippen LogP contribution in [-0.2, 0) is 9.59 Å². The van der Waals surface area contributed by atoms with Crippen LogP contribution < -0.4 is 5.11 Å². The van der Waals surface area contributed by atoms with Crippen LogP contribution in [-0.4, -0.2) is 23.3 Å². The van der Waals surface area contributed by atoms with Crippen LogP contribution in [0.3, 0.4) is 0 Å². The Balaban J connectivity index is 2.20. The van der Waals surface area contributed by atoms with Crippen molar-refractivity contribution in [2.45, 2.75) is 0 Å². The maximum atomic E-state index is 12.0. The first-order valence-corrected chi connectivity index (χ1v) is 7.64. The summed E-state index contributed by atoms with van der Waals surface area (Å²) in [6.07, 6.45) is 2.89. The summed E-state index contributed by atoms with van der Waals surface area (Å²) in [5.74, 6) is -0.265. The lowest BCUT2D eigenvalue weighted by Gasteiger charge is -2.07. The van der Waals surface area contributed by atoms with Crippen molar-refractivity contribution in [3.8, 4) is 0 Å². The minimum atomic E-state index is -1.40. The van der Waals surface area contributed by atoms with Gasteiger partial charge in [0, 0.05) is 11.5 Å². The summed E-state index contributed by atoms with van der Waals surface area (Å²) in [6, 6.07) is 9.26. The fraction of sp³-hybridized carbons (Fsp3) is 0.143. The van der Waals surface area contributed by atoms with E-state index in [0.717, 1.165) is 17.1 Å². The van der Waals surface area contributed by atoms with Crippen LogP contribution in [0.4, 0.5) is 0 Å². The Hall–Kier alpha value is -1.46. The molecular weight excluding hydrogens is 280 g/mol. The number of rotatable bonds is 4. The summed E-state index contributed by atoms with van der Waals surface area (Å²) in [4.78, 5) is 23.0. The number of carbonyl (C=O) groups excluding carboxylic acids is 2. The summed E-state index contributed by atoms with van der Waals surface area (Å²) in [7, 11) is 0. The maximum absolute atomic E-state index is 12.0. The van der Waals surface area contributed by atoms with Crippen molar-refractivity contribution in [3.63, 3.8) is 0 Å². The third-order valence-corrected chi connectivity index (χ3v) is 5.15. The summed E-state index contributed by atoms with van der Waals surface area (Å²) in [5.41, 5.74) is 0.630. The molecule has 0 N–H and O–H groups in total. The fourth-order valence-corrected chi connectivity index (χ4v) is 4.09. The molecule has 0 radical (unpaired) electrons. The number of thioether (sulfide) groups is 2. The van der Waals surface area contributed by atoms with Crippen molar-refractivity contribution in [2.24, 2.45) is 0 Å². The molecule has 1 aliphatic rings. The molecule has 0 atom stereocenters. The zero-order chi connectivity index (χ0) is 13.7. The van der Waals surface area contributed by atoms with Crippen LogP contribution in [0.15, 0.2) is 46.2 Å². The molecule has 1 fully saturated rings. The zero-order valence-corrected chi connectivity index (χ0v) is 11.6. The van der Waals surface area contributed by atoms with E-state index < -0.39 is 11.8 Å². The number of hydrogen-bond donors (Lipinski definition) is 0. The molecule has 2 rings (SSSR count). The Labute approximate surface area is 119 Å². The minimum absolute atomic E-state index is 0.223. The van der Waals surface area contributed by atoms with Gasteiger partial charge in [0.15, 0.2) is 5.78 Å². The summed E-state index contributed by atoms with van der Waals surface area (Å²) in [6.45, 7) is 0. The topological polar surface area (TPSA) is 57.2 Å². The minimum Gasteiger partial charge on any atom is -0.545 e. The van der Waals surface area contributed by atoms with Crippen LogP contribution in [0.25, 0.3) is 6.08 Å². The largest absolute Gasteiger partial charge is 0.545 e. The third kappa shape index (κ3) is 3.75. The number of carboxylic acid groups (broad SMARTS) is 1.